The summed E-state index contributed by atoms with van der Waals surface area (Å²) in [6.45, 7) is 6.07. The molecule has 27 heavy (non-hydrogen) atoms. The Hall–Kier alpha value is -2.33. The summed E-state index contributed by atoms with van der Waals surface area (Å²) in [5, 5.41) is 4.07. The third-order valence-electron chi connectivity index (χ3n) is 4.98. The zero-order valence-corrected chi connectivity index (χ0v) is 16.2. The van der Waals surface area contributed by atoms with Crippen molar-refractivity contribution in [2.45, 2.75) is 32.5 Å². The number of rotatable bonds is 5. The van der Waals surface area contributed by atoms with Crippen LogP contribution in [-0.4, -0.2) is 41.0 Å². The maximum Gasteiger partial charge on any atom is 0.147 e. The Labute approximate surface area is 164 Å². The SMILES string of the molecule is C[C@@H]1C(=C=O)N(Cc2ccc(F)cc2)[C@@H](C)CN1CNc1ccc(Cl)cc1. The van der Waals surface area contributed by atoms with Gasteiger partial charge >= 0.3 is 0 Å². The number of benzene rings is 2. The molecule has 2 aromatic carbocycles. The lowest BCUT2D eigenvalue weighted by atomic mass is 10.0. The summed E-state index contributed by atoms with van der Waals surface area (Å²) in [5.74, 6) is 1.87. The number of nitrogens with one attached hydrogen (secondary N) is 1. The van der Waals surface area contributed by atoms with Gasteiger partial charge in [0.1, 0.15) is 17.5 Å². The summed E-state index contributed by atoms with van der Waals surface area (Å²) < 4.78 is 13.1. The van der Waals surface area contributed by atoms with Gasteiger partial charge in [0.2, 0.25) is 0 Å². The van der Waals surface area contributed by atoms with Crippen molar-refractivity contribution in [3.8, 4) is 0 Å². The van der Waals surface area contributed by atoms with Crippen molar-refractivity contribution in [3.63, 3.8) is 0 Å². The molecule has 0 bridgehead atoms. The molecule has 2 atom stereocenters. The van der Waals surface area contributed by atoms with Crippen LogP contribution >= 0.6 is 11.6 Å². The van der Waals surface area contributed by atoms with E-state index in [1.54, 1.807) is 12.1 Å². The van der Waals surface area contributed by atoms with E-state index in [1.807, 2.05) is 31.2 Å². The van der Waals surface area contributed by atoms with E-state index in [-0.39, 0.29) is 17.9 Å². The third kappa shape index (κ3) is 4.69. The highest BCUT2D eigenvalue weighted by Gasteiger charge is 2.33. The monoisotopic (exact) mass is 387 g/mol. The first-order valence-electron chi connectivity index (χ1n) is 8.97. The first-order valence-corrected chi connectivity index (χ1v) is 9.35. The molecule has 2 aromatic rings. The molecule has 6 heteroatoms. The highest BCUT2D eigenvalue weighted by Crippen LogP contribution is 2.25. The summed E-state index contributed by atoms with van der Waals surface area (Å²) in [6, 6.07) is 14.0. The van der Waals surface area contributed by atoms with Crippen LogP contribution in [0, 0.1) is 5.82 Å². The molecule has 1 aliphatic heterocycles. The van der Waals surface area contributed by atoms with E-state index >= 15 is 0 Å². The van der Waals surface area contributed by atoms with Crippen LogP contribution in [-0.2, 0) is 11.3 Å². The molecule has 1 fully saturated rings. The number of piperazine rings is 1. The Kier molecular flexibility index (Phi) is 6.17. The van der Waals surface area contributed by atoms with Gasteiger partial charge in [0.05, 0.1) is 12.7 Å². The highest BCUT2D eigenvalue weighted by molar-refractivity contribution is 6.30. The lowest BCUT2D eigenvalue weighted by Gasteiger charge is -2.45. The molecule has 1 N–H and O–H groups in total. The predicted molar refractivity (Wildman–Crippen MR) is 107 cm³/mol. The van der Waals surface area contributed by atoms with Crippen molar-refractivity contribution in [1.29, 1.82) is 0 Å². The van der Waals surface area contributed by atoms with Gasteiger partial charge in [-0.3, -0.25) is 4.90 Å². The molecule has 0 saturated carbocycles. The van der Waals surface area contributed by atoms with Gasteiger partial charge in [-0.2, -0.15) is 0 Å². The predicted octanol–water partition coefficient (Wildman–Crippen LogP) is 4.16. The van der Waals surface area contributed by atoms with Gasteiger partial charge in [0.15, 0.2) is 0 Å². The van der Waals surface area contributed by atoms with Gasteiger partial charge in [-0.25, -0.2) is 9.18 Å². The van der Waals surface area contributed by atoms with Gasteiger partial charge in [0.25, 0.3) is 0 Å². The molecule has 0 spiro atoms. The van der Waals surface area contributed by atoms with Crippen molar-refractivity contribution >= 4 is 23.2 Å². The van der Waals surface area contributed by atoms with Crippen LogP contribution in [0.2, 0.25) is 5.02 Å². The van der Waals surface area contributed by atoms with Gasteiger partial charge < -0.3 is 10.2 Å². The van der Waals surface area contributed by atoms with Crippen LogP contribution in [0.15, 0.2) is 54.2 Å². The Morgan fingerprint density at radius 1 is 1.15 bits per heavy atom. The smallest absolute Gasteiger partial charge is 0.147 e. The quantitative estimate of drug-likeness (QED) is 0.781. The first kappa shape index (κ1) is 19.4. The average Bonchev–Trinajstić information content (AvgIpc) is 2.66. The third-order valence-corrected chi connectivity index (χ3v) is 5.24. The number of nitrogens with zero attached hydrogens (tertiary/aromatic N) is 2. The molecule has 142 valence electrons. The summed E-state index contributed by atoms with van der Waals surface area (Å²) in [5.41, 5.74) is 2.57. The summed E-state index contributed by atoms with van der Waals surface area (Å²) in [6.07, 6.45) is 0. The zero-order valence-electron chi connectivity index (χ0n) is 15.5. The van der Waals surface area contributed by atoms with E-state index in [2.05, 4.69) is 28.0 Å². The van der Waals surface area contributed by atoms with Crippen molar-refractivity contribution < 1.29 is 9.18 Å². The molecule has 3 rings (SSSR count). The number of carbonyl (C=O) groups excluding carboxylic acids is 1. The molecule has 0 amide bonds. The maximum atomic E-state index is 13.1. The van der Waals surface area contributed by atoms with Crippen LogP contribution in [0.5, 0.6) is 0 Å². The number of anilines is 1. The van der Waals surface area contributed by atoms with Crippen molar-refractivity contribution in [3.05, 3.63) is 70.6 Å². The lowest BCUT2D eigenvalue weighted by molar-refractivity contribution is 0.0892. The van der Waals surface area contributed by atoms with Crippen LogP contribution < -0.4 is 5.32 Å². The molecule has 0 unspecified atom stereocenters. The molecule has 0 radical (unpaired) electrons. The summed E-state index contributed by atoms with van der Waals surface area (Å²) in [4.78, 5) is 16.0. The molecule has 0 aliphatic carbocycles. The molecular weight excluding hydrogens is 365 g/mol. The van der Waals surface area contributed by atoms with Crippen LogP contribution in [0.1, 0.15) is 19.4 Å². The molecule has 1 saturated heterocycles. The molecule has 0 aromatic heterocycles. The molecule has 1 heterocycles. The maximum absolute atomic E-state index is 13.1. The first-order chi connectivity index (χ1) is 13.0. The Morgan fingerprint density at radius 3 is 2.44 bits per heavy atom. The normalized spacial score (nSPS) is 20.4. The second kappa shape index (κ2) is 8.57. The van der Waals surface area contributed by atoms with Crippen LogP contribution in [0.3, 0.4) is 0 Å². The standard InChI is InChI=1S/C21H23ClFN3O/c1-15-11-25(14-24-20-9-5-18(22)6-10-20)16(2)21(13-27)26(15)12-17-3-7-19(23)8-4-17/h3-10,15-16,24H,11-12,14H2,1-2H3/t15-,16+/m0/s1. The van der Waals surface area contributed by atoms with Gasteiger partial charge in [0, 0.05) is 29.8 Å². The average molecular weight is 388 g/mol. The van der Waals surface area contributed by atoms with Gasteiger partial charge in [-0.1, -0.05) is 23.7 Å². The Balaban J connectivity index is 1.68. The van der Waals surface area contributed by atoms with Crippen molar-refractivity contribution in [1.82, 2.24) is 9.80 Å². The van der Waals surface area contributed by atoms with E-state index < -0.39 is 0 Å². The largest absolute Gasteiger partial charge is 0.372 e. The topological polar surface area (TPSA) is 35.6 Å². The number of hydrogen-bond donors (Lipinski definition) is 1. The van der Waals surface area contributed by atoms with Crippen LogP contribution in [0.25, 0.3) is 0 Å². The highest BCUT2D eigenvalue weighted by atomic mass is 35.5. The lowest BCUT2D eigenvalue weighted by Crippen LogP contribution is -2.55. The fourth-order valence-corrected chi connectivity index (χ4v) is 3.51. The minimum atomic E-state index is -0.260. The van der Waals surface area contributed by atoms with E-state index in [0.717, 1.165) is 17.8 Å². The second-order valence-corrected chi connectivity index (χ2v) is 7.32. The summed E-state index contributed by atoms with van der Waals surface area (Å²) in [7, 11) is 0. The number of halogens is 2. The van der Waals surface area contributed by atoms with Crippen LogP contribution in [0.4, 0.5) is 10.1 Å². The van der Waals surface area contributed by atoms with Gasteiger partial charge in [-0.15, -0.1) is 0 Å². The van der Waals surface area contributed by atoms with E-state index in [9.17, 15) is 9.18 Å². The van der Waals surface area contributed by atoms with E-state index in [1.165, 1.54) is 12.1 Å². The Morgan fingerprint density at radius 2 is 1.81 bits per heavy atom. The fraction of sp³-hybridized carbons (Fsp3) is 0.333. The second-order valence-electron chi connectivity index (χ2n) is 6.88. The zero-order chi connectivity index (χ0) is 19.4. The summed E-state index contributed by atoms with van der Waals surface area (Å²) >= 11 is 5.92. The van der Waals surface area contributed by atoms with Gasteiger partial charge in [-0.05, 0) is 55.8 Å². The molecular formula is C21H23ClFN3O. The Bertz CT molecular complexity index is 818. The van der Waals surface area contributed by atoms with Crippen molar-refractivity contribution in [2.24, 2.45) is 0 Å². The number of hydrogen-bond acceptors (Lipinski definition) is 4. The minimum Gasteiger partial charge on any atom is -0.372 e. The van der Waals surface area contributed by atoms with E-state index in [4.69, 9.17) is 11.6 Å². The molecule has 1 aliphatic rings. The van der Waals surface area contributed by atoms with Crippen molar-refractivity contribution in [2.75, 3.05) is 18.5 Å². The molecule has 4 nitrogen and oxygen atoms in total. The fourth-order valence-electron chi connectivity index (χ4n) is 3.38. The minimum absolute atomic E-state index is 0.0704. The van der Waals surface area contributed by atoms with E-state index in [0.29, 0.717) is 23.9 Å².